The van der Waals surface area contributed by atoms with E-state index in [0.29, 0.717) is 28.1 Å². The van der Waals surface area contributed by atoms with Gasteiger partial charge in [0.15, 0.2) is 0 Å². The van der Waals surface area contributed by atoms with E-state index in [4.69, 9.17) is 5.26 Å². The second kappa shape index (κ2) is 6.37. The molecule has 3 aromatic rings. The van der Waals surface area contributed by atoms with Crippen molar-refractivity contribution < 1.29 is 8.78 Å². The monoisotopic (exact) mass is 306 g/mol. The van der Waals surface area contributed by atoms with Crippen molar-refractivity contribution in [3.8, 4) is 28.6 Å². The summed E-state index contributed by atoms with van der Waals surface area (Å²) in [5.41, 5.74) is 3.04. The Hall–Kier alpha value is -3.06. The van der Waals surface area contributed by atoms with Crippen LogP contribution in [-0.2, 0) is 6.42 Å². The summed E-state index contributed by atoms with van der Waals surface area (Å²) in [4.78, 5) is 4.53. The Morgan fingerprint density at radius 3 is 2.17 bits per heavy atom. The lowest BCUT2D eigenvalue weighted by atomic mass is 10.0. The number of hydrogen-bond donors (Lipinski definition) is 0. The molecule has 0 unspecified atom stereocenters. The fraction of sp³-hybridized carbons (Fsp3) is 0.0526. The largest absolute Gasteiger partial charge is 0.247 e. The minimum atomic E-state index is -0.372. The molecular formula is C19H12F2N2. The number of rotatable bonds is 3. The second-order valence-corrected chi connectivity index (χ2v) is 5.06. The summed E-state index contributed by atoms with van der Waals surface area (Å²) in [6.45, 7) is 0. The summed E-state index contributed by atoms with van der Waals surface area (Å²) >= 11 is 0. The van der Waals surface area contributed by atoms with E-state index in [1.807, 2.05) is 0 Å². The molecule has 112 valence electrons. The molecule has 0 saturated carbocycles. The molecule has 4 heteroatoms. The molecule has 0 aliphatic heterocycles. The van der Waals surface area contributed by atoms with Gasteiger partial charge in [0.2, 0.25) is 0 Å². The molecule has 0 amide bonds. The van der Waals surface area contributed by atoms with Crippen molar-refractivity contribution in [2.45, 2.75) is 6.42 Å². The highest BCUT2D eigenvalue weighted by molar-refractivity contribution is 5.69. The van der Waals surface area contributed by atoms with Crippen molar-refractivity contribution in [2.75, 3.05) is 0 Å². The number of nitriles is 1. The first kappa shape index (κ1) is 14.9. The normalized spacial score (nSPS) is 10.3. The lowest BCUT2D eigenvalue weighted by Crippen LogP contribution is -1.96. The molecule has 0 atom stereocenters. The molecule has 0 saturated heterocycles. The molecule has 2 aromatic carbocycles. The molecule has 2 nitrogen and oxygen atoms in total. The van der Waals surface area contributed by atoms with Crippen LogP contribution in [0.25, 0.3) is 22.5 Å². The van der Waals surface area contributed by atoms with Gasteiger partial charge in [0, 0.05) is 11.1 Å². The van der Waals surface area contributed by atoms with Gasteiger partial charge in [0.25, 0.3) is 0 Å². The van der Waals surface area contributed by atoms with E-state index in [2.05, 4.69) is 11.1 Å². The van der Waals surface area contributed by atoms with E-state index in [1.165, 1.54) is 24.3 Å². The van der Waals surface area contributed by atoms with Crippen molar-refractivity contribution in [2.24, 2.45) is 0 Å². The van der Waals surface area contributed by atoms with Gasteiger partial charge in [-0.25, -0.2) is 13.8 Å². The van der Waals surface area contributed by atoms with Gasteiger partial charge in [-0.3, -0.25) is 0 Å². The average molecular weight is 306 g/mol. The Morgan fingerprint density at radius 1 is 0.870 bits per heavy atom. The summed E-state index contributed by atoms with van der Waals surface area (Å²) in [5, 5.41) is 8.97. The topological polar surface area (TPSA) is 36.7 Å². The van der Waals surface area contributed by atoms with Crippen LogP contribution in [0.1, 0.15) is 5.56 Å². The molecule has 3 rings (SSSR count). The van der Waals surface area contributed by atoms with Crippen molar-refractivity contribution >= 4 is 0 Å². The van der Waals surface area contributed by atoms with E-state index < -0.39 is 0 Å². The molecule has 1 heterocycles. The molecule has 0 fully saturated rings. The van der Waals surface area contributed by atoms with Gasteiger partial charge in [0.05, 0.1) is 23.9 Å². The summed E-state index contributed by atoms with van der Waals surface area (Å²) in [7, 11) is 0. The van der Waals surface area contributed by atoms with E-state index in [0.717, 1.165) is 0 Å². The van der Waals surface area contributed by atoms with Crippen LogP contribution in [0, 0.1) is 23.0 Å². The third kappa shape index (κ3) is 3.24. The number of pyridine rings is 1. The zero-order chi connectivity index (χ0) is 16.2. The fourth-order valence-corrected chi connectivity index (χ4v) is 2.41. The molecule has 23 heavy (non-hydrogen) atoms. The number of benzene rings is 2. The van der Waals surface area contributed by atoms with E-state index >= 15 is 0 Å². The lowest BCUT2D eigenvalue weighted by Gasteiger charge is -2.10. The second-order valence-electron chi connectivity index (χ2n) is 5.06. The molecular weight excluding hydrogens is 294 g/mol. The number of aromatic nitrogens is 1. The Bertz CT molecular complexity index is 898. The van der Waals surface area contributed by atoms with Gasteiger partial charge in [0.1, 0.15) is 11.6 Å². The molecule has 0 N–H and O–H groups in total. The van der Waals surface area contributed by atoms with Gasteiger partial charge in [-0.2, -0.15) is 5.26 Å². The highest BCUT2D eigenvalue weighted by Gasteiger charge is 2.11. The van der Waals surface area contributed by atoms with Gasteiger partial charge in [-0.05, 0) is 35.9 Å². The third-order valence-corrected chi connectivity index (χ3v) is 3.47. The first-order chi connectivity index (χ1) is 11.2. The third-order valence-electron chi connectivity index (χ3n) is 3.47. The van der Waals surface area contributed by atoms with Crippen LogP contribution < -0.4 is 0 Å². The average Bonchev–Trinajstić information content (AvgIpc) is 2.55. The van der Waals surface area contributed by atoms with Gasteiger partial charge < -0.3 is 0 Å². The van der Waals surface area contributed by atoms with Crippen LogP contribution in [-0.4, -0.2) is 4.98 Å². The maximum Gasteiger partial charge on any atom is 0.123 e. The van der Waals surface area contributed by atoms with Gasteiger partial charge in [-0.1, -0.05) is 30.3 Å². The predicted molar refractivity (Wildman–Crippen MR) is 84.3 cm³/mol. The van der Waals surface area contributed by atoms with Crippen LogP contribution >= 0.6 is 0 Å². The zero-order valence-corrected chi connectivity index (χ0v) is 12.1. The van der Waals surface area contributed by atoms with Crippen molar-refractivity contribution in [1.29, 1.82) is 5.26 Å². The maximum atomic E-state index is 13.5. The number of nitrogens with zero attached hydrogens (tertiary/aromatic N) is 2. The van der Waals surface area contributed by atoms with Crippen LogP contribution in [0.3, 0.4) is 0 Å². The summed E-state index contributed by atoms with van der Waals surface area (Å²) in [5.74, 6) is -0.721. The summed E-state index contributed by atoms with van der Waals surface area (Å²) in [6.07, 6.45) is 0.169. The Morgan fingerprint density at radius 2 is 1.52 bits per heavy atom. The highest BCUT2D eigenvalue weighted by Crippen LogP contribution is 2.27. The van der Waals surface area contributed by atoms with Crippen molar-refractivity contribution in [3.63, 3.8) is 0 Å². The predicted octanol–water partition coefficient (Wildman–Crippen LogP) is 4.76. The standard InChI is InChI=1S/C19H12F2N2/c20-16-5-1-3-14(11-16)18-8-7-13(9-10-22)19(23-18)15-4-2-6-17(21)12-15/h1-8,11-12H,9H2. The summed E-state index contributed by atoms with van der Waals surface area (Å²) < 4.78 is 26.9. The molecule has 0 aliphatic carbocycles. The quantitative estimate of drug-likeness (QED) is 0.699. The lowest BCUT2D eigenvalue weighted by molar-refractivity contribution is 0.628. The van der Waals surface area contributed by atoms with Gasteiger partial charge in [-0.15, -0.1) is 0 Å². The fourth-order valence-electron chi connectivity index (χ4n) is 2.41. The van der Waals surface area contributed by atoms with Crippen molar-refractivity contribution in [1.82, 2.24) is 4.98 Å². The smallest absolute Gasteiger partial charge is 0.123 e. The maximum absolute atomic E-state index is 13.5. The van der Waals surface area contributed by atoms with Crippen molar-refractivity contribution in [3.05, 3.63) is 77.9 Å². The molecule has 1 aromatic heterocycles. The Labute approximate surface area is 132 Å². The molecule has 0 radical (unpaired) electrons. The van der Waals surface area contributed by atoms with Gasteiger partial charge >= 0.3 is 0 Å². The minimum absolute atomic E-state index is 0.169. The Kier molecular flexibility index (Phi) is 4.11. The van der Waals surface area contributed by atoms with E-state index in [1.54, 1.807) is 36.4 Å². The van der Waals surface area contributed by atoms with Crippen LogP contribution in [0.4, 0.5) is 8.78 Å². The van der Waals surface area contributed by atoms with Crippen LogP contribution in [0.15, 0.2) is 60.7 Å². The summed E-state index contributed by atoms with van der Waals surface area (Å²) in [6, 6.07) is 17.8. The highest BCUT2D eigenvalue weighted by atomic mass is 19.1. The van der Waals surface area contributed by atoms with E-state index in [-0.39, 0.29) is 18.1 Å². The minimum Gasteiger partial charge on any atom is -0.247 e. The number of halogens is 2. The SMILES string of the molecule is N#CCc1ccc(-c2cccc(F)c2)nc1-c1cccc(F)c1. The first-order valence-electron chi connectivity index (χ1n) is 7.06. The van der Waals surface area contributed by atoms with Crippen LogP contribution in [0.5, 0.6) is 0 Å². The molecule has 0 bridgehead atoms. The Balaban J connectivity index is 2.16. The first-order valence-corrected chi connectivity index (χ1v) is 7.06. The zero-order valence-electron chi connectivity index (χ0n) is 12.1. The van der Waals surface area contributed by atoms with Crippen LogP contribution in [0.2, 0.25) is 0 Å². The molecule has 0 aliphatic rings. The van der Waals surface area contributed by atoms with E-state index in [9.17, 15) is 8.78 Å². The molecule has 0 spiro atoms. The number of hydrogen-bond acceptors (Lipinski definition) is 2.